The van der Waals surface area contributed by atoms with Gasteiger partial charge >= 0.3 is 0 Å². The van der Waals surface area contributed by atoms with Crippen molar-refractivity contribution in [2.75, 3.05) is 0 Å². The van der Waals surface area contributed by atoms with E-state index in [1.165, 1.54) is 49.1 Å². The summed E-state index contributed by atoms with van der Waals surface area (Å²) in [4.78, 5) is 10.9. The minimum Gasteiger partial charge on any atom is -0.309 e. The molecule has 4 aromatic heterocycles. The summed E-state index contributed by atoms with van der Waals surface area (Å²) in [6, 6.07) is 80.7. The summed E-state index contributed by atoms with van der Waals surface area (Å²) < 4.78 is 7.27. The third-order valence-electron chi connectivity index (χ3n) is 13.4. The first-order valence-corrected chi connectivity index (χ1v) is 22.2. The number of aromatic nitrogens is 5. The highest BCUT2D eigenvalue weighted by Gasteiger charge is 2.25. The zero-order chi connectivity index (χ0) is 42.6. The molecule has 302 valence electrons. The van der Waals surface area contributed by atoms with E-state index in [2.05, 4.69) is 226 Å². The van der Waals surface area contributed by atoms with Gasteiger partial charge in [0.2, 0.25) is 0 Å². The number of hydrogen-bond donors (Lipinski definition) is 0. The van der Waals surface area contributed by atoms with Gasteiger partial charge in [-0.05, 0) is 88.6 Å². The maximum atomic E-state index is 5.50. The molecule has 0 unspecified atom stereocenters. The molecule has 5 nitrogen and oxygen atoms in total. The van der Waals surface area contributed by atoms with Gasteiger partial charge in [0.1, 0.15) is 5.69 Å². The molecule has 0 saturated heterocycles. The molecule has 0 amide bonds. The second-order valence-corrected chi connectivity index (χ2v) is 16.9. The lowest BCUT2D eigenvalue weighted by Crippen LogP contribution is -2.04. The number of para-hydroxylation sites is 5. The van der Waals surface area contributed by atoms with Crippen molar-refractivity contribution in [2.24, 2.45) is 0 Å². The normalized spacial score (nSPS) is 12.0. The summed E-state index contributed by atoms with van der Waals surface area (Å²) in [7, 11) is 0. The summed E-state index contributed by atoms with van der Waals surface area (Å²) in [6.07, 6.45) is 0. The van der Waals surface area contributed by atoms with Gasteiger partial charge in [0.25, 0.3) is 0 Å². The van der Waals surface area contributed by atoms with Crippen LogP contribution in [0.15, 0.2) is 224 Å². The fourth-order valence-corrected chi connectivity index (χ4v) is 10.7. The fourth-order valence-electron chi connectivity index (χ4n) is 10.7. The van der Waals surface area contributed by atoms with Gasteiger partial charge in [0, 0.05) is 43.6 Å². The van der Waals surface area contributed by atoms with Crippen molar-refractivity contribution in [3.8, 4) is 39.6 Å². The van der Waals surface area contributed by atoms with Crippen molar-refractivity contribution in [1.29, 1.82) is 0 Å². The van der Waals surface area contributed by atoms with Crippen LogP contribution in [-0.2, 0) is 0 Å². The van der Waals surface area contributed by atoms with E-state index < -0.39 is 0 Å². The Hall–Kier alpha value is -8.80. The second-order valence-electron chi connectivity index (χ2n) is 16.9. The van der Waals surface area contributed by atoms with Gasteiger partial charge in [-0.3, -0.25) is 4.57 Å². The number of nitrogens with zero attached hydrogens (tertiary/aromatic N) is 5. The monoisotopic (exact) mass is 827 g/mol. The van der Waals surface area contributed by atoms with Crippen LogP contribution in [0.1, 0.15) is 0 Å². The molecular weight excluding hydrogens is 791 g/mol. The first-order chi connectivity index (χ1) is 32.3. The lowest BCUT2D eigenvalue weighted by molar-refractivity contribution is 1.08. The summed E-state index contributed by atoms with van der Waals surface area (Å²) >= 11 is 0. The van der Waals surface area contributed by atoms with E-state index in [1.54, 1.807) is 0 Å². The third kappa shape index (κ3) is 5.21. The molecule has 10 aromatic carbocycles. The molecular formula is C60H37N5. The van der Waals surface area contributed by atoms with Crippen LogP contribution in [0.4, 0.5) is 0 Å². The molecule has 5 heteroatoms. The molecule has 0 atom stereocenters. The van der Waals surface area contributed by atoms with E-state index in [9.17, 15) is 0 Å². The smallest absolute Gasteiger partial charge is 0.165 e. The summed E-state index contributed by atoms with van der Waals surface area (Å²) in [6.45, 7) is 0. The Morgan fingerprint density at radius 1 is 0.308 bits per heavy atom. The minimum absolute atomic E-state index is 0.802. The highest BCUT2D eigenvalue weighted by Crippen LogP contribution is 2.45. The molecule has 0 N–H and O–H groups in total. The second kappa shape index (κ2) is 13.9. The average molecular weight is 828 g/mol. The Morgan fingerprint density at radius 2 is 0.815 bits per heavy atom. The van der Waals surface area contributed by atoms with Crippen LogP contribution >= 0.6 is 0 Å². The van der Waals surface area contributed by atoms with E-state index in [-0.39, 0.29) is 0 Å². The van der Waals surface area contributed by atoms with Crippen molar-refractivity contribution >= 4 is 87.2 Å². The van der Waals surface area contributed by atoms with Gasteiger partial charge in [0.05, 0.1) is 49.8 Å². The van der Waals surface area contributed by atoms with Crippen molar-refractivity contribution in [1.82, 2.24) is 23.7 Å². The van der Waals surface area contributed by atoms with E-state index in [0.29, 0.717) is 0 Å². The number of rotatable bonds is 5. The maximum Gasteiger partial charge on any atom is 0.165 e. The first kappa shape index (κ1) is 35.8. The van der Waals surface area contributed by atoms with Crippen LogP contribution in [0, 0.1) is 0 Å². The SMILES string of the molecule is c1ccc(-c2cccc(-n3c4ccccc4c4c5c6ccccc6n(-c6cccc7c6c6ccccc6n7-c6nc7ccccc7nc6-c6cccc7ccccc67)c5ccc43)c2)cc1. The number of hydrogen-bond acceptors (Lipinski definition) is 2. The first-order valence-electron chi connectivity index (χ1n) is 22.2. The van der Waals surface area contributed by atoms with Crippen LogP contribution in [-0.4, -0.2) is 23.7 Å². The highest BCUT2D eigenvalue weighted by atomic mass is 15.1. The van der Waals surface area contributed by atoms with Crippen molar-refractivity contribution in [2.45, 2.75) is 0 Å². The summed E-state index contributed by atoms with van der Waals surface area (Å²) in [5, 5.41) is 9.55. The molecule has 0 aliphatic heterocycles. The quantitative estimate of drug-likeness (QED) is 0.173. The molecule has 0 aliphatic rings. The van der Waals surface area contributed by atoms with Crippen LogP contribution in [0.5, 0.6) is 0 Å². The van der Waals surface area contributed by atoms with Crippen LogP contribution < -0.4 is 0 Å². The molecule has 65 heavy (non-hydrogen) atoms. The van der Waals surface area contributed by atoms with Gasteiger partial charge in [0.15, 0.2) is 5.82 Å². The van der Waals surface area contributed by atoms with Crippen molar-refractivity contribution in [3.05, 3.63) is 224 Å². The molecule has 0 bridgehead atoms. The van der Waals surface area contributed by atoms with E-state index in [4.69, 9.17) is 9.97 Å². The zero-order valence-electron chi connectivity index (χ0n) is 35.1. The lowest BCUT2D eigenvalue weighted by Gasteiger charge is -2.15. The van der Waals surface area contributed by atoms with E-state index in [0.717, 1.165) is 77.7 Å². The molecule has 0 spiro atoms. The fraction of sp³-hybridized carbons (Fsp3) is 0. The number of fused-ring (bicyclic) bond motifs is 12. The largest absolute Gasteiger partial charge is 0.309 e. The molecule has 4 heterocycles. The molecule has 14 aromatic rings. The minimum atomic E-state index is 0.802. The number of benzene rings is 10. The van der Waals surface area contributed by atoms with Crippen molar-refractivity contribution < 1.29 is 0 Å². The van der Waals surface area contributed by atoms with E-state index in [1.807, 2.05) is 12.1 Å². The highest BCUT2D eigenvalue weighted by molar-refractivity contribution is 6.29. The molecule has 0 fully saturated rings. The van der Waals surface area contributed by atoms with Crippen molar-refractivity contribution in [3.63, 3.8) is 0 Å². The topological polar surface area (TPSA) is 40.6 Å². The molecule has 0 radical (unpaired) electrons. The Kier molecular flexibility index (Phi) is 7.62. The molecule has 14 rings (SSSR count). The van der Waals surface area contributed by atoms with Gasteiger partial charge in [-0.25, -0.2) is 9.97 Å². The predicted molar refractivity (Wildman–Crippen MR) is 271 cm³/mol. The lowest BCUT2D eigenvalue weighted by atomic mass is 10.0. The van der Waals surface area contributed by atoms with Gasteiger partial charge in [-0.15, -0.1) is 0 Å². The van der Waals surface area contributed by atoms with Gasteiger partial charge < -0.3 is 9.13 Å². The molecule has 0 saturated carbocycles. The maximum absolute atomic E-state index is 5.50. The molecule has 0 aliphatic carbocycles. The Labute approximate surface area is 373 Å². The summed E-state index contributed by atoms with van der Waals surface area (Å²) in [5.41, 5.74) is 15.1. The summed E-state index contributed by atoms with van der Waals surface area (Å²) in [5.74, 6) is 0.802. The Morgan fingerprint density at radius 3 is 1.57 bits per heavy atom. The van der Waals surface area contributed by atoms with Crippen LogP contribution in [0.3, 0.4) is 0 Å². The van der Waals surface area contributed by atoms with E-state index >= 15 is 0 Å². The Bertz CT molecular complexity index is 4240. The van der Waals surface area contributed by atoms with Gasteiger partial charge in [-0.1, -0.05) is 158 Å². The predicted octanol–water partition coefficient (Wildman–Crippen LogP) is 15.4. The Balaban J connectivity index is 1.07. The van der Waals surface area contributed by atoms with Crippen LogP contribution in [0.2, 0.25) is 0 Å². The van der Waals surface area contributed by atoms with Crippen LogP contribution in [0.25, 0.3) is 127 Å². The van der Waals surface area contributed by atoms with Gasteiger partial charge in [-0.2, -0.15) is 0 Å². The standard InChI is InChI=1S/C60H37N5/c1-2-17-38(18-3-1)40-21-14-22-41(37-40)63-49-30-11-7-25-45(49)57-54(63)35-36-55-58(57)46-26-8-12-31-50(46)64(55)52-33-16-34-53-56(52)44-24-6-13-32-51(44)65(53)60-59(61-47-28-9-10-29-48(47)62-60)43-27-15-20-39-19-4-5-23-42(39)43/h1-37H. The third-order valence-corrected chi connectivity index (χ3v) is 13.4. The zero-order valence-corrected chi connectivity index (χ0v) is 35.1. The average Bonchev–Trinajstić information content (AvgIpc) is 4.02.